The van der Waals surface area contributed by atoms with Gasteiger partial charge in [0.2, 0.25) is 0 Å². The van der Waals surface area contributed by atoms with Gasteiger partial charge in [-0.2, -0.15) is 0 Å². The lowest BCUT2D eigenvalue weighted by molar-refractivity contribution is -0.206. The summed E-state index contributed by atoms with van der Waals surface area (Å²) in [4.78, 5) is 0. The van der Waals surface area contributed by atoms with E-state index in [0.717, 1.165) is 38.5 Å². The highest BCUT2D eigenvalue weighted by Crippen LogP contribution is 2.68. The zero-order chi connectivity index (χ0) is 31.4. The molecule has 41 heavy (non-hydrogen) atoms. The molecule has 238 valence electrons. The zero-order valence-corrected chi connectivity index (χ0v) is 31.3. The molecule has 6 atom stereocenters. The van der Waals surface area contributed by atoms with Gasteiger partial charge in [0.25, 0.3) is 0 Å². The lowest BCUT2D eigenvalue weighted by Crippen LogP contribution is -2.71. The largest absolute Gasteiger partial charge is 0.416 e. The van der Waals surface area contributed by atoms with Crippen LogP contribution in [0.3, 0.4) is 0 Å². The topological polar surface area (TPSA) is 58.9 Å². The quantitative estimate of drug-likeness (QED) is 0.203. The van der Waals surface area contributed by atoms with E-state index in [1.54, 1.807) is 0 Å². The average molecular weight is 607 g/mol. The van der Waals surface area contributed by atoms with Gasteiger partial charge in [-0.05, 0) is 67.4 Å². The summed E-state index contributed by atoms with van der Waals surface area (Å²) in [7, 11) is -4.32. The Morgan fingerprint density at radius 2 is 1.27 bits per heavy atom. The average Bonchev–Trinajstić information content (AvgIpc) is 2.82. The third kappa shape index (κ3) is 6.05. The van der Waals surface area contributed by atoms with E-state index in [1.165, 1.54) is 11.1 Å². The van der Waals surface area contributed by atoms with Gasteiger partial charge in [-0.15, -0.1) is 0 Å². The van der Waals surface area contributed by atoms with Gasteiger partial charge in [0.05, 0.1) is 17.6 Å². The second-order valence-electron chi connectivity index (χ2n) is 17.9. The molecule has 3 aliphatic rings. The van der Waals surface area contributed by atoms with E-state index < -0.39 is 39.7 Å². The molecule has 0 aromatic heterocycles. The number of hydrogen-bond donors (Lipinski definition) is 2. The molecule has 3 rings (SSSR count). The number of rotatable bonds is 9. The van der Waals surface area contributed by atoms with Crippen molar-refractivity contribution >= 4 is 16.6 Å². The van der Waals surface area contributed by atoms with Crippen molar-refractivity contribution in [2.24, 2.45) is 28.1 Å². The van der Waals surface area contributed by atoms with Crippen LogP contribution in [-0.4, -0.2) is 52.3 Å². The third-order valence-corrected chi connectivity index (χ3v) is 21.2. The molecule has 0 radical (unpaired) electrons. The van der Waals surface area contributed by atoms with Crippen LogP contribution in [0.4, 0.5) is 0 Å². The second-order valence-corrected chi connectivity index (χ2v) is 27.5. The highest BCUT2D eigenvalue weighted by atomic mass is 28.4. The molecule has 4 nitrogen and oxygen atoms in total. The molecule has 0 aliphatic heterocycles. The van der Waals surface area contributed by atoms with E-state index in [0.29, 0.717) is 13.2 Å². The summed E-state index contributed by atoms with van der Waals surface area (Å²) in [6.45, 7) is 32.8. The number of hydrogen-bond acceptors (Lipinski definition) is 4. The molecule has 0 spiro atoms. The standard InChI is InChI=1S/C35H66O4Si2/c1-15-16-18-25-21-26-19-17-20-27-22-28(31(2,3)4)30(37)35(29(25)36,24-39-41(13,14)33(8,9)10)34(26,27)23-38-40(11,12)32(5,6)7/h21-22,25,28-30,36-37H,15-20,23-24H2,1-14H3/t25-,28+,29+,30+,34-,35+/m0/s1. The van der Waals surface area contributed by atoms with Gasteiger partial charge in [-0.3, -0.25) is 0 Å². The van der Waals surface area contributed by atoms with E-state index in [4.69, 9.17) is 8.85 Å². The van der Waals surface area contributed by atoms with Crippen molar-refractivity contribution in [1.29, 1.82) is 0 Å². The summed E-state index contributed by atoms with van der Waals surface area (Å²) in [6, 6.07) is 0. The SMILES string of the molecule is CCCC[C@H]1C=C2CCCC3=C[C@@H](C(C)(C)C)[C@@H](O)[C@@](CO[Si](C)(C)C(C)(C)C)([C@@H]1O)[C@@]23CO[Si](C)(C)C(C)(C)C. The van der Waals surface area contributed by atoms with Crippen molar-refractivity contribution in [3.8, 4) is 0 Å². The van der Waals surface area contributed by atoms with Crippen molar-refractivity contribution in [3.63, 3.8) is 0 Å². The first-order valence-corrected chi connectivity index (χ1v) is 22.4. The molecule has 1 saturated carbocycles. The van der Waals surface area contributed by atoms with Crippen molar-refractivity contribution in [3.05, 3.63) is 23.3 Å². The maximum absolute atomic E-state index is 12.8. The minimum Gasteiger partial charge on any atom is -0.416 e. The first-order chi connectivity index (χ1) is 18.5. The van der Waals surface area contributed by atoms with Crippen LogP contribution in [0.15, 0.2) is 23.3 Å². The highest BCUT2D eigenvalue weighted by Gasteiger charge is 2.70. The number of aliphatic hydroxyl groups excluding tert-OH is 2. The Morgan fingerprint density at radius 3 is 1.73 bits per heavy atom. The van der Waals surface area contributed by atoms with E-state index in [9.17, 15) is 10.2 Å². The molecule has 2 N–H and O–H groups in total. The molecule has 0 aromatic carbocycles. The molecule has 1 fully saturated rings. The zero-order valence-electron chi connectivity index (χ0n) is 29.3. The Bertz CT molecular complexity index is 993. The summed E-state index contributed by atoms with van der Waals surface area (Å²) < 4.78 is 14.3. The van der Waals surface area contributed by atoms with Crippen LogP contribution in [0.1, 0.15) is 108 Å². The van der Waals surface area contributed by atoms with Gasteiger partial charge >= 0.3 is 0 Å². The molecular formula is C35H66O4Si2. The fourth-order valence-corrected chi connectivity index (χ4v) is 9.27. The first kappa shape index (κ1) is 35.2. The van der Waals surface area contributed by atoms with Crippen LogP contribution in [0.2, 0.25) is 36.3 Å². The monoisotopic (exact) mass is 606 g/mol. The summed E-state index contributed by atoms with van der Waals surface area (Å²) in [5.74, 6) is -0.0536. The molecule has 0 heterocycles. The normalized spacial score (nSPS) is 33.3. The number of unbranched alkanes of at least 4 members (excludes halogenated alkanes) is 1. The molecule has 0 unspecified atom stereocenters. The molecule has 0 saturated heterocycles. The molecule has 6 heteroatoms. The van der Waals surface area contributed by atoms with Crippen LogP contribution in [0, 0.1) is 28.1 Å². The van der Waals surface area contributed by atoms with Crippen LogP contribution in [0.25, 0.3) is 0 Å². The van der Waals surface area contributed by atoms with Crippen LogP contribution in [-0.2, 0) is 8.85 Å². The Morgan fingerprint density at radius 1 is 0.780 bits per heavy atom. The predicted molar refractivity (Wildman–Crippen MR) is 179 cm³/mol. The molecule has 0 aromatic rings. The second kappa shape index (κ2) is 11.6. The minimum absolute atomic E-state index is 0.0154. The number of aliphatic hydroxyl groups is 2. The fourth-order valence-electron chi connectivity index (χ4n) is 7.23. The smallest absolute Gasteiger partial charge is 0.192 e. The van der Waals surface area contributed by atoms with Crippen molar-refractivity contribution < 1.29 is 19.1 Å². The fraction of sp³-hybridized carbons (Fsp3) is 0.886. The van der Waals surface area contributed by atoms with Gasteiger partial charge in [-0.1, -0.05) is 105 Å². The maximum atomic E-state index is 12.8. The molecule has 3 aliphatic carbocycles. The Kier molecular flexibility index (Phi) is 9.97. The first-order valence-electron chi connectivity index (χ1n) is 16.6. The summed E-state index contributed by atoms with van der Waals surface area (Å²) in [6.07, 6.45) is 9.61. The lowest BCUT2D eigenvalue weighted by atomic mass is 9.41. The van der Waals surface area contributed by atoms with Gasteiger partial charge in [0, 0.05) is 30.5 Å². The van der Waals surface area contributed by atoms with Crippen LogP contribution in [0.5, 0.6) is 0 Å². The minimum atomic E-state index is -2.20. The molecule has 0 amide bonds. The van der Waals surface area contributed by atoms with Crippen LogP contribution < -0.4 is 0 Å². The van der Waals surface area contributed by atoms with E-state index >= 15 is 0 Å². The van der Waals surface area contributed by atoms with Crippen molar-refractivity contribution in [2.75, 3.05) is 13.2 Å². The molecular weight excluding hydrogens is 541 g/mol. The Balaban J connectivity index is 2.35. The van der Waals surface area contributed by atoms with Crippen LogP contribution >= 0.6 is 0 Å². The van der Waals surface area contributed by atoms with Crippen molar-refractivity contribution in [1.82, 2.24) is 0 Å². The van der Waals surface area contributed by atoms with Gasteiger partial charge in [0.1, 0.15) is 0 Å². The predicted octanol–water partition coefficient (Wildman–Crippen LogP) is 9.26. The Labute approximate surface area is 256 Å². The summed E-state index contributed by atoms with van der Waals surface area (Å²) in [5, 5.41) is 25.7. The van der Waals surface area contributed by atoms with Gasteiger partial charge < -0.3 is 19.1 Å². The Hall–Kier alpha value is -0.246. The summed E-state index contributed by atoms with van der Waals surface area (Å²) in [5.41, 5.74) is 1.21. The summed E-state index contributed by atoms with van der Waals surface area (Å²) >= 11 is 0. The highest BCUT2D eigenvalue weighted by molar-refractivity contribution is 6.74. The van der Waals surface area contributed by atoms with E-state index in [2.05, 4.69) is 108 Å². The lowest BCUT2D eigenvalue weighted by Gasteiger charge is -2.67. The van der Waals surface area contributed by atoms with Gasteiger partial charge in [0.15, 0.2) is 16.6 Å². The maximum Gasteiger partial charge on any atom is 0.192 e. The van der Waals surface area contributed by atoms with E-state index in [-0.39, 0.29) is 27.3 Å². The molecule has 0 bridgehead atoms. The van der Waals surface area contributed by atoms with Gasteiger partial charge in [-0.25, -0.2) is 0 Å². The third-order valence-electron chi connectivity index (χ3n) is 12.2. The van der Waals surface area contributed by atoms with E-state index in [1.807, 2.05) is 0 Å². The van der Waals surface area contributed by atoms with Crippen molar-refractivity contribution in [2.45, 2.75) is 156 Å².